The molecule has 0 radical (unpaired) electrons. The highest BCUT2D eigenvalue weighted by Gasteiger charge is 2.29. The van der Waals surface area contributed by atoms with Gasteiger partial charge in [-0.15, -0.1) is 0 Å². The summed E-state index contributed by atoms with van der Waals surface area (Å²) in [5.74, 6) is -0.871. The number of benzene rings is 2. The summed E-state index contributed by atoms with van der Waals surface area (Å²) < 4.78 is 0. The van der Waals surface area contributed by atoms with Gasteiger partial charge in [-0.25, -0.2) is 0 Å². The Hall–Kier alpha value is -2.86. The molecule has 6 heteroatoms. The van der Waals surface area contributed by atoms with E-state index in [4.69, 9.17) is 0 Å². The molecule has 1 fully saturated rings. The van der Waals surface area contributed by atoms with E-state index >= 15 is 0 Å². The summed E-state index contributed by atoms with van der Waals surface area (Å²) in [5, 5.41) is 1.89. The molecular weight excluding hydrogens is 420 g/mol. The van der Waals surface area contributed by atoms with Gasteiger partial charge in [0.15, 0.2) is 0 Å². The van der Waals surface area contributed by atoms with Crippen LogP contribution in [-0.4, -0.2) is 29.0 Å². The first-order valence-electron chi connectivity index (χ1n) is 11.1. The first kappa shape index (κ1) is 23.8. The SMILES string of the molecule is CCCCCCC(C=C1SC(=O)NC1=O)C(=O)N(C)Cc1cccc(-c2ccccc2)c1. The number of nitrogens with one attached hydrogen (secondary N) is 1. The van der Waals surface area contributed by atoms with E-state index in [0.29, 0.717) is 17.9 Å². The van der Waals surface area contributed by atoms with Gasteiger partial charge in [-0.1, -0.05) is 87.2 Å². The minimum Gasteiger partial charge on any atom is -0.341 e. The lowest BCUT2D eigenvalue weighted by molar-refractivity contribution is -0.133. The number of carbonyl (C=O) groups is 3. The van der Waals surface area contributed by atoms with Crippen LogP contribution in [0.5, 0.6) is 0 Å². The predicted molar refractivity (Wildman–Crippen MR) is 130 cm³/mol. The third kappa shape index (κ3) is 6.57. The van der Waals surface area contributed by atoms with Gasteiger partial charge in [-0.05, 0) is 40.9 Å². The third-order valence-corrected chi connectivity index (χ3v) is 6.34. The average molecular weight is 451 g/mol. The number of amides is 3. The number of hydrogen-bond acceptors (Lipinski definition) is 4. The van der Waals surface area contributed by atoms with Crippen LogP contribution in [-0.2, 0) is 16.1 Å². The van der Waals surface area contributed by atoms with Crippen molar-refractivity contribution in [2.75, 3.05) is 7.05 Å². The van der Waals surface area contributed by atoms with Gasteiger partial charge in [0.2, 0.25) is 5.91 Å². The van der Waals surface area contributed by atoms with E-state index in [1.807, 2.05) is 30.3 Å². The molecule has 2 aromatic carbocycles. The van der Waals surface area contributed by atoms with Crippen LogP contribution in [0.2, 0.25) is 0 Å². The van der Waals surface area contributed by atoms with Crippen molar-refractivity contribution in [2.45, 2.75) is 45.6 Å². The average Bonchev–Trinajstić information content (AvgIpc) is 3.12. The quantitative estimate of drug-likeness (QED) is 0.369. The molecule has 1 atom stereocenters. The summed E-state index contributed by atoms with van der Waals surface area (Å²) in [6, 6.07) is 18.3. The zero-order valence-corrected chi connectivity index (χ0v) is 19.5. The van der Waals surface area contributed by atoms with Crippen molar-refractivity contribution in [1.29, 1.82) is 0 Å². The molecule has 1 aliphatic heterocycles. The van der Waals surface area contributed by atoms with Crippen LogP contribution in [0.1, 0.15) is 44.6 Å². The molecule has 0 bridgehead atoms. The van der Waals surface area contributed by atoms with Crippen LogP contribution in [0.4, 0.5) is 4.79 Å². The van der Waals surface area contributed by atoms with Gasteiger partial charge in [0.05, 0.1) is 10.8 Å². The van der Waals surface area contributed by atoms with E-state index in [1.165, 1.54) is 0 Å². The van der Waals surface area contributed by atoms with Gasteiger partial charge in [0.1, 0.15) is 0 Å². The molecule has 0 saturated carbocycles. The summed E-state index contributed by atoms with van der Waals surface area (Å²) in [7, 11) is 1.79. The zero-order valence-electron chi connectivity index (χ0n) is 18.7. The van der Waals surface area contributed by atoms with Crippen LogP contribution in [0.15, 0.2) is 65.6 Å². The lowest BCUT2D eigenvalue weighted by atomic mass is 9.98. The molecule has 0 aromatic heterocycles. The molecule has 1 saturated heterocycles. The second-order valence-corrected chi connectivity index (χ2v) is 9.11. The fourth-order valence-electron chi connectivity index (χ4n) is 3.80. The summed E-state index contributed by atoms with van der Waals surface area (Å²) in [5.41, 5.74) is 3.29. The Morgan fingerprint density at radius 3 is 2.47 bits per heavy atom. The van der Waals surface area contributed by atoms with Gasteiger partial charge in [0, 0.05) is 13.6 Å². The Morgan fingerprint density at radius 1 is 1.03 bits per heavy atom. The van der Waals surface area contributed by atoms with Crippen molar-refractivity contribution in [3.8, 4) is 11.1 Å². The first-order chi connectivity index (χ1) is 15.5. The van der Waals surface area contributed by atoms with Crippen molar-refractivity contribution < 1.29 is 14.4 Å². The second kappa shape index (κ2) is 11.7. The molecule has 168 valence electrons. The maximum atomic E-state index is 13.3. The third-order valence-electron chi connectivity index (χ3n) is 5.51. The van der Waals surface area contributed by atoms with Gasteiger partial charge < -0.3 is 4.90 Å². The molecule has 1 aliphatic rings. The Kier molecular flexibility index (Phi) is 8.68. The maximum Gasteiger partial charge on any atom is 0.290 e. The van der Waals surface area contributed by atoms with Crippen molar-refractivity contribution in [3.63, 3.8) is 0 Å². The largest absolute Gasteiger partial charge is 0.341 e. The summed E-state index contributed by atoms with van der Waals surface area (Å²) in [6.45, 7) is 2.62. The minimum atomic E-state index is -0.423. The fraction of sp³-hybridized carbons (Fsp3) is 0.346. The van der Waals surface area contributed by atoms with E-state index in [0.717, 1.165) is 54.1 Å². The van der Waals surface area contributed by atoms with Crippen LogP contribution < -0.4 is 5.32 Å². The molecule has 5 nitrogen and oxygen atoms in total. The standard InChI is InChI=1S/C26H30N2O3S/c1-3-4-5-7-14-22(17-23-24(29)27-26(31)32-23)25(30)28(2)18-19-11-10-15-21(16-19)20-12-8-6-9-13-20/h6,8-13,15-17,22H,3-5,7,14,18H2,1-2H3,(H,27,29,31). The predicted octanol–water partition coefficient (Wildman–Crippen LogP) is 5.77. The van der Waals surface area contributed by atoms with E-state index in [2.05, 4.69) is 36.5 Å². The molecule has 1 unspecified atom stereocenters. The van der Waals surface area contributed by atoms with Gasteiger partial charge in [0.25, 0.3) is 11.1 Å². The molecule has 3 amide bonds. The lowest BCUT2D eigenvalue weighted by Crippen LogP contribution is -2.32. The number of thioether (sulfide) groups is 1. The van der Waals surface area contributed by atoms with Crippen molar-refractivity contribution in [2.24, 2.45) is 5.92 Å². The number of carbonyl (C=O) groups excluding carboxylic acids is 3. The topological polar surface area (TPSA) is 66.5 Å². The highest BCUT2D eigenvalue weighted by Crippen LogP contribution is 2.28. The van der Waals surface area contributed by atoms with Crippen LogP contribution >= 0.6 is 11.8 Å². The summed E-state index contributed by atoms with van der Waals surface area (Å²) in [4.78, 5) is 38.9. The van der Waals surface area contributed by atoms with E-state index in [-0.39, 0.29) is 11.1 Å². The van der Waals surface area contributed by atoms with E-state index in [9.17, 15) is 14.4 Å². The van der Waals surface area contributed by atoms with Crippen LogP contribution in [0.25, 0.3) is 11.1 Å². The molecule has 0 spiro atoms. The monoisotopic (exact) mass is 450 g/mol. The Bertz CT molecular complexity index is 988. The number of imide groups is 1. The number of rotatable bonds is 10. The summed E-state index contributed by atoms with van der Waals surface area (Å²) in [6.07, 6.45) is 6.53. The van der Waals surface area contributed by atoms with Gasteiger partial charge in [-0.3, -0.25) is 19.7 Å². The molecular formula is C26H30N2O3S. The molecule has 32 heavy (non-hydrogen) atoms. The number of hydrogen-bond donors (Lipinski definition) is 1. The first-order valence-corrected chi connectivity index (χ1v) is 11.9. The smallest absolute Gasteiger partial charge is 0.290 e. The number of nitrogens with zero attached hydrogens (tertiary/aromatic N) is 1. The normalized spacial score (nSPS) is 15.6. The number of unbranched alkanes of at least 4 members (excludes halogenated alkanes) is 3. The van der Waals surface area contributed by atoms with E-state index < -0.39 is 11.8 Å². The molecule has 2 aromatic rings. The second-order valence-electron chi connectivity index (χ2n) is 8.09. The van der Waals surface area contributed by atoms with Gasteiger partial charge >= 0.3 is 0 Å². The summed E-state index contributed by atoms with van der Waals surface area (Å²) >= 11 is 0.869. The maximum absolute atomic E-state index is 13.3. The lowest BCUT2D eigenvalue weighted by Gasteiger charge is -2.23. The Balaban J connectivity index is 1.73. The zero-order chi connectivity index (χ0) is 22.9. The molecule has 1 heterocycles. The molecule has 1 N–H and O–H groups in total. The van der Waals surface area contributed by atoms with Gasteiger partial charge in [-0.2, -0.15) is 0 Å². The van der Waals surface area contributed by atoms with E-state index in [1.54, 1.807) is 18.0 Å². The molecule has 0 aliphatic carbocycles. The fourth-order valence-corrected chi connectivity index (χ4v) is 4.52. The highest BCUT2D eigenvalue weighted by atomic mass is 32.2. The van der Waals surface area contributed by atoms with Crippen molar-refractivity contribution >= 4 is 28.8 Å². The highest BCUT2D eigenvalue weighted by molar-refractivity contribution is 8.18. The Morgan fingerprint density at radius 2 is 1.78 bits per heavy atom. The van der Waals surface area contributed by atoms with Crippen molar-refractivity contribution in [1.82, 2.24) is 10.2 Å². The molecule has 3 rings (SSSR count). The Labute approximate surface area is 194 Å². The van der Waals surface area contributed by atoms with Crippen LogP contribution in [0.3, 0.4) is 0 Å². The van der Waals surface area contributed by atoms with Crippen LogP contribution in [0, 0.1) is 5.92 Å². The van der Waals surface area contributed by atoms with Crippen molar-refractivity contribution in [3.05, 3.63) is 71.1 Å². The minimum absolute atomic E-state index is 0.0353.